The van der Waals surface area contributed by atoms with E-state index in [2.05, 4.69) is 58.4 Å². The lowest BCUT2D eigenvalue weighted by Gasteiger charge is -2.45. The summed E-state index contributed by atoms with van der Waals surface area (Å²) in [6, 6.07) is 4.50. The maximum absolute atomic E-state index is 12.6. The largest absolute Gasteiger partial charge is 0.369 e. The summed E-state index contributed by atoms with van der Waals surface area (Å²) in [5.74, 6) is 0.461. The predicted octanol–water partition coefficient (Wildman–Crippen LogP) is 5.10. The molecule has 2 aliphatic rings. The molecule has 0 radical (unpaired) electrons. The summed E-state index contributed by atoms with van der Waals surface area (Å²) in [5.41, 5.74) is 5.07. The van der Waals surface area contributed by atoms with E-state index in [0.717, 1.165) is 12.0 Å². The molecule has 0 saturated carbocycles. The van der Waals surface area contributed by atoms with E-state index >= 15 is 0 Å². The van der Waals surface area contributed by atoms with Crippen LogP contribution in [0.3, 0.4) is 0 Å². The molecule has 2 aliphatic heterocycles. The van der Waals surface area contributed by atoms with E-state index in [9.17, 15) is 4.79 Å². The first-order chi connectivity index (χ1) is 12.2. The van der Waals surface area contributed by atoms with Crippen LogP contribution in [-0.2, 0) is 4.79 Å². The fourth-order valence-corrected chi connectivity index (χ4v) is 5.08. The van der Waals surface area contributed by atoms with Crippen LogP contribution in [0.15, 0.2) is 29.7 Å². The Bertz CT molecular complexity index is 826. The fourth-order valence-electron chi connectivity index (χ4n) is 3.82. The number of fused-ring (bicyclic) bond motifs is 1. The zero-order valence-electron chi connectivity index (χ0n) is 16.1. The van der Waals surface area contributed by atoms with Crippen LogP contribution in [0.1, 0.15) is 49.8 Å². The summed E-state index contributed by atoms with van der Waals surface area (Å²) in [4.78, 5) is 17.3. The minimum absolute atomic E-state index is 0.0247. The molecule has 0 aromatic heterocycles. The lowest BCUT2D eigenvalue weighted by molar-refractivity contribution is -0.121. The smallest absolute Gasteiger partial charge is 0.266 e. The SMILES string of the molecule is C=CCN1C(=O)/C(=C\c2cc3c(cc2C)N(C)C(C)(C)CC3C)SC1=S. The van der Waals surface area contributed by atoms with E-state index in [4.69, 9.17) is 12.2 Å². The van der Waals surface area contributed by atoms with Gasteiger partial charge in [0.1, 0.15) is 4.32 Å². The Morgan fingerprint density at radius 3 is 2.77 bits per heavy atom. The average Bonchev–Trinajstić information content (AvgIpc) is 2.82. The van der Waals surface area contributed by atoms with Gasteiger partial charge in [0, 0.05) is 24.8 Å². The highest BCUT2D eigenvalue weighted by molar-refractivity contribution is 8.26. The highest BCUT2D eigenvalue weighted by Crippen LogP contribution is 2.44. The molecule has 5 heteroatoms. The van der Waals surface area contributed by atoms with Crippen molar-refractivity contribution < 1.29 is 4.79 Å². The van der Waals surface area contributed by atoms with Crippen molar-refractivity contribution in [2.45, 2.75) is 45.6 Å². The molecule has 3 nitrogen and oxygen atoms in total. The van der Waals surface area contributed by atoms with Gasteiger partial charge >= 0.3 is 0 Å². The van der Waals surface area contributed by atoms with Gasteiger partial charge in [-0.1, -0.05) is 37.0 Å². The minimum atomic E-state index is -0.0247. The Kier molecular flexibility index (Phi) is 5.06. The van der Waals surface area contributed by atoms with Gasteiger partial charge in [-0.15, -0.1) is 6.58 Å². The molecule has 1 aromatic rings. The molecule has 1 atom stereocenters. The number of rotatable bonds is 3. The van der Waals surface area contributed by atoms with Crippen molar-refractivity contribution in [3.63, 3.8) is 0 Å². The number of nitrogens with zero attached hydrogens (tertiary/aromatic N) is 2. The fraction of sp³-hybridized carbons (Fsp3) is 0.429. The van der Waals surface area contributed by atoms with Crippen LogP contribution in [-0.4, -0.2) is 34.3 Å². The number of carbonyl (C=O) groups excluding carboxylic acids is 1. The molecule has 1 aromatic carbocycles. The number of hydrogen-bond acceptors (Lipinski definition) is 4. The highest BCUT2D eigenvalue weighted by Gasteiger charge is 2.35. The number of thioether (sulfide) groups is 1. The van der Waals surface area contributed by atoms with E-state index in [0.29, 0.717) is 21.7 Å². The van der Waals surface area contributed by atoms with Crippen molar-refractivity contribution in [2.24, 2.45) is 0 Å². The van der Waals surface area contributed by atoms with Crippen molar-refractivity contribution in [1.29, 1.82) is 0 Å². The van der Waals surface area contributed by atoms with Gasteiger partial charge in [-0.2, -0.15) is 0 Å². The second-order valence-electron chi connectivity index (χ2n) is 7.83. The van der Waals surface area contributed by atoms with Gasteiger partial charge in [0.05, 0.1) is 4.91 Å². The molecular weight excluding hydrogens is 360 g/mol. The zero-order chi connectivity index (χ0) is 19.2. The van der Waals surface area contributed by atoms with Gasteiger partial charge in [-0.25, -0.2) is 0 Å². The molecule has 1 saturated heterocycles. The van der Waals surface area contributed by atoms with Crippen molar-refractivity contribution >= 4 is 46.0 Å². The molecule has 138 valence electrons. The predicted molar refractivity (Wildman–Crippen MR) is 117 cm³/mol. The number of hydrogen-bond donors (Lipinski definition) is 0. The van der Waals surface area contributed by atoms with Crippen LogP contribution < -0.4 is 4.90 Å². The first kappa shape index (κ1) is 19.2. The molecule has 0 spiro atoms. The molecule has 1 fully saturated rings. The third-order valence-corrected chi connectivity index (χ3v) is 6.87. The number of benzene rings is 1. The molecule has 2 heterocycles. The molecule has 0 aliphatic carbocycles. The van der Waals surface area contributed by atoms with Gasteiger partial charge < -0.3 is 4.90 Å². The van der Waals surface area contributed by atoms with Crippen molar-refractivity contribution in [1.82, 2.24) is 4.90 Å². The van der Waals surface area contributed by atoms with E-state index in [1.165, 1.54) is 28.6 Å². The Hall–Kier alpha value is -1.59. The Morgan fingerprint density at radius 2 is 2.12 bits per heavy atom. The minimum Gasteiger partial charge on any atom is -0.369 e. The summed E-state index contributed by atoms with van der Waals surface area (Å²) < 4.78 is 0.603. The summed E-state index contributed by atoms with van der Waals surface area (Å²) in [6.07, 6.45) is 4.81. The van der Waals surface area contributed by atoms with Crippen molar-refractivity contribution in [2.75, 3.05) is 18.5 Å². The van der Waals surface area contributed by atoms with Crippen molar-refractivity contribution in [3.05, 3.63) is 46.4 Å². The van der Waals surface area contributed by atoms with Gasteiger partial charge in [-0.05, 0) is 68.0 Å². The van der Waals surface area contributed by atoms with Crippen molar-refractivity contribution in [3.8, 4) is 0 Å². The van der Waals surface area contributed by atoms with Crippen LogP contribution in [0.25, 0.3) is 6.08 Å². The molecular formula is C21H26N2OS2. The summed E-state index contributed by atoms with van der Waals surface area (Å²) >= 11 is 6.71. The van der Waals surface area contributed by atoms with Crippen LogP contribution >= 0.6 is 24.0 Å². The van der Waals surface area contributed by atoms with E-state index in [1.54, 1.807) is 11.0 Å². The maximum atomic E-state index is 12.6. The van der Waals surface area contributed by atoms with Crippen LogP contribution in [0, 0.1) is 6.92 Å². The maximum Gasteiger partial charge on any atom is 0.266 e. The van der Waals surface area contributed by atoms with E-state index < -0.39 is 0 Å². The third-order valence-electron chi connectivity index (χ3n) is 5.49. The Morgan fingerprint density at radius 1 is 1.42 bits per heavy atom. The first-order valence-corrected chi connectivity index (χ1v) is 10.1. The Balaban J connectivity index is 2.01. The zero-order valence-corrected chi connectivity index (χ0v) is 17.8. The molecule has 1 amide bonds. The summed E-state index contributed by atoms with van der Waals surface area (Å²) in [5, 5.41) is 0. The second-order valence-corrected chi connectivity index (χ2v) is 9.50. The van der Waals surface area contributed by atoms with Gasteiger partial charge in [0.2, 0.25) is 0 Å². The number of anilines is 1. The molecule has 0 N–H and O–H groups in total. The number of amides is 1. The van der Waals surface area contributed by atoms with Crippen LogP contribution in [0.2, 0.25) is 0 Å². The second kappa shape index (κ2) is 6.86. The normalized spacial score (nSPS) is 23.6. The first-order valence-electron chi connectivity index (χ1n) is 8.90. The average molecular weight is 387 g/mol. The topological polar surface area (TPSA) is 23.6 Å². The standard InChI is InChI=1S/C21H26N2OS2/c1-7-8-23-19(24)18(26-20(23)25)11-15-10-16-14(3)12-21(4,5)22(6)17(16)9-13(15)2/h7,9-11,14H,1,8,12H2,2-6H3/b18-11+. The number of aryl methyl sites for hydroxylation is 1. The number of thiocarbonyl (C=S) groups is 1. The molecule has 1 unspecified atom stereocenters. The molecule has 26 heavy (non-hydrogen) atoms. The Labute approximate surface area is 166 Å². The van der Waals surface area contributed by atoms with Gasteiger partial charge in [-0.3, -0.25) is 9.69 Å². The molecule has 0 bridgehead atoms. The van der Waals surface area contributed by atoms with Crippen LogP contribution in [0.4, 0.5) is 5.69 Å². The summed E-state index contributed by atoms with van der Waals surface area (Å²) in [6.45, 7) is 13.1. The lowest BCUT2D eigenvalue weighted by Crippen LogP contribution is -2.45. The van der Waals surface area contributed by atoms with Gasteiger partial charge in [0.15, 0.2) is 0 Å². The van der Waals surface area contributed by atoms with E-state index in [-0.39, 0.29) is 11.4 Å². The third kappa shape index (κ3) is 3.23. The van der Waals surface area contributed by atoms with Crippen LogP contribution in [0.5, 0.6) is 0 Å². The van der Waals surface area contributed by atoms with Gasteiger partial charge in [0.25, 0.3) is 5.91 Å². The highest BCUT2D eigenvalue weighted by atomic mass is 32.2. The monoisotopic (exact) mass is 386 g/mol. The lowest BCUT2D eigenvalue weighted by atomic mass is 9.79. The van der Waals surface area contributed by atoms with E-state index in [1.807, 2.05) is 6.08 Å². The number of carbonyl (C=O) groups is 1. The quantitative estimate of drug-likeness (QED) is 0.409. The summed E-state index contributed by atoms with van der Waals surface area (Å²) in [7, 11) is 2.17. The molecule has 3 rings (SSSR count).